The molecule has 0 saturated carbocycles. The van der Waals surface area contributed by atoms with Crippen LogP contribution in [-0.4, -0.2) is 32.4 Å². The zero-order chi connectivity index (χ0) is 13.9. The van der Waals surface area contributed by atoms with Crippen LogP contribution >= 0.6 is 15.9 Å². The minimum Gasteiger partial charge on any atom is -0.493 e. The maximum absolute atomic E-state index is 11.4. The van der Waals surface area contributed by atoms with E-state index in [1.54, 1.807) is 13.0 Å². The largest absolute Gasteiger partial charge is 0.493 e. The summed E-state index contributed by atoms with van der Waals surface area (Å²) in [6.45, 7) is 1.73. The molecule has 0 heterocycles. The second kappa shape index (κ2) is 6.06. The Morgan fingerprint density at radius 1 is 1.28 bits per heavy atom. The van der Waals surface area contributed by atoms with E-state index in [0.29, 0.717) is 27.1 Å². The lowest BCUT2D eigenvalue weighted by Gasteiger charge is -2.18. The standard InChI is InChI=1S/C12H15BrO5/c1-6-7(9(14)12(15)18-4)5-8(13)11(17-3)10(6)16-2/h5,9,14H,1-4H3. The van der Waals surface area contributed by atoms with E-state index in [0.717, 1.165) is 0 Å². The van der Waals surface area contributed by atoms with Crippen molar-refractivity contribution in [2.24, 2.45) is 0 Å². The van der Waals surface area contributed by atoms with E-state index in [9.17, 15) is 9.90 Å². The fourth-order valence-electron chi connectivity index (χ4n) is 1.68. The molecule has 1 aromatic rings. The van der Waals surface area contributed by atoms with Crippen molar-refractivity contribution in [3.05, 3.63) is 21.7 Å². The fourth-order valence-corrected chi connectivity index (χ4v) is 2.27. The first-order chi connectivity index (χ1) is 8.47. The molecule has 18 heavy (non-hydrogen) atoms. The van der Waals surface area contributed by atoms with Crippen LogP contribution in [0.5, 0.6) is 11.5 Å². The van der Waals surface area contributed by atoms with Crippen molar-refractivity contribution >= 4 is 21.9 Å². The summed E-state index contributed by atoms with van der Waals surface area (Å²) in [7, 11) is 4.22. The molecule has 1 rings (SSSR count). The third kappa shape index (κ3) is 2.59. The van der Waals surface area contributed by atoms with Gasteiger partial charge in [-0.3, -0.25) is 0 Å². The normalized spacial score (nSPS) is 11.9. The number of aliphatic hydroxyl groups excluding tert-OH is 1. The van der Waals surface area contributed by atoms with Gasteiger partial charge in [-0.25, -0.2) is 4.79 Å². The Hall–Kier alpha value is -1.27. The van der Waals surface area contributed by atoms with Crippen molar-refractivity contribution in [2.45, 2.75) is 13.0 Å². The SMILES string of the molecule is COC(=O)C(O)c1cc(Br)c(OC)c(OC)c1C. The number of carbonyl (C=O) groups excluding carboxylic acids is 1. The maximum atomic E-state index is 11.4. The van der Waals surface area contributed by atoms with Crippen LogP contribution in [0.1, 0.15) is 17.2 Å². The van der Waals surface area contributed by atoms with Crippen molar-refractivity contribution < 1.29 is 24.1 Å². The first-order valence-corrected chi connectivity index (χ1v) is 5.94. The van der Waals surface area contributed by atoms with E-state index in [-0.39, 0.29) is 0 Å². The van der Waals surface area contributed by atoms with Gasteiger partial charge in [0.1, 0.15) is 0 Å². The number of carbonyl (C=O) groups is 1. The lowest BCUT2D eigenvalue weighted by Crippen LogP contribution is -2.15. The molecule has 0 bridgehead atoms. The second-order valence-corrected chi connectivity index (χ2v) is 4.42. The Labute approximate surface area is 114 Å². The van der Waals surface area contributed by atoms with Crippen molar-refractivity contribution in [2.75, 3.05) is 21.3 Å². The van der Waals surface area contributed by atoms with Crippen LogP contribution in [0.3, 0.4) is 0 Å². The van der Waals surface area contributed by atoms with Gasteiger partial charge in [0.15, 0.2) is 17.6 Å². The third-order valence-corrected chi connectivity index (χ3v) is 3.20. The topological polar surface area (TPSA) is 65.0 Å². The number of ether oxygens (including phenoxy) is 3. The molecular formula is C12H15BrO5. The number of esters is 1. The summed E-state index contributed by atoms with van der Waals surface area (Å²) in [5, 5.41) is 9.89. The molecule has 0 aliphatic heterocycles. The monoisotopic (exact) mass is 318 g/mol. The number of methoxy groups -OCH3 is 3. The van der Waals surface area contributed by atoms with E-state index in [4.69, 9.17) is 9.47 Å². The lowest BCUT2D eigenvalue weighted by atomic mass is 10.0. The molecule has 100 valence electrons. The first-order valence-electron chi connectivity index (χ1n) is 5.14. The highest BCUT2D eigenvalue weighted by Gasteiger charge is 2.25. The molecule has 1 aromatic carbocycles. The molecule has 0 radical (unpaired) electrons. The Bertz CT molecular complexity index is 458. The Kier molecular flexibility index (Phi) is 4.98. The number of halogens is 1. The van der Waals surface area contributed by atoms with Crippen molar-refractivity contribution in [3.63, 3.8) is 0 Å². The van der Waals surface area contributed by atoms with Gasteiger partial charge in [0, 0.05) is 5.56 Å². The zero-order valence-corrected chi connectivity index (χ0v) is 12.2. The third-order valence-electron chi connectivity index (χ3n) is 2.61. The second-order valence-electron chi connectivity index (χ2n) is 3.56. The molecule has 0 spiro atoms. The van der Waals surface area contributed by atoms with E-state index >= 15 is 0 Å². The molecular weight excluding hydrogens is 304 g/mol. The first kappa shape index (κ1) is 14.8. The highest BCUT2D eigenvalue weighted by molar-refractivity contribution is 9.10. The lowest BCUT2D eigenvalue weighted by molar-refractivity contribution is -0.150. The van der Waals surface area contributed by atoms with Gasteiger partial charge in [0.05, 0.1) is 25.8 Å². The summed E-state index contributed by atoms with van der Waals surface area (Å²) in [6.07, 6.45) is -1.36. The van der Waals surface area contributed by atoms with Crippen LogP contribution in [0.25, 0.3) is 0 Å². The molecule has 0 aliphatic carbocycles. The van der Waals surface area contributed by atoms with Gasteiger partial charge >= 0.3 is 5.97 Å². The summed E-state index contributed by atoms with van der Waals surface area (Å²) in [5.41, 5.74) is 1.03. The molecule has 1 atom stereocenters. The van der Waals surface area contributed by atoms with Crippen LogP contribution in [0.4, 0.5) is 0 Å². The summed E-state index contributed by atoms with van der Waals surface area (Å²) in [5.74, 6) is 0.248. The van der Waals surface area contributed by atoms with Gasteiger partial charge in [-0.15, -0.1) is 0 Å². The fraction of sp³-hybridized carbons (Fsp3) is 0.417. The average molecular weight is 319 g/mol. The number of hydrogen-bond acceptors (Lipinski definition) is 5. The van der Waals surface area contributed by atoms with Gasteiger partial charge in [-0.2, -0.15) is 0 Å². The van der Waals surface area contributed by atoms with Gasteiger partial charge in [-0.05, 0) is 34.5 Å². The van der Waals surface area contributed by atoms with Gasteiger partial charge < -0.3 is 19.3 Å². The molecule has 0 fully saturated rings. The molecule has 0 amide bonds. The Balaban J connectivity index is 3.39. The molecule has 5 nitrogen and oxygen atoms in total. The molecule has 6 heteroatoms. The predicted octanol–water partition coefficient (Wildman–Crippen LogP) is 1.98. The van der Waals surface area contributed by atoms with E-state index in [1.165, 1.54) is 21.3 Å². The smallest absolute Gasteiger partial charge is 0.339 e. The van der Waals surface area contributed by atoms with Crippen molar-refractivity contribution in [3.8, 4) is 11.5 Å². The minimum atomic E-state index is -1.36. The van der Waals surface area contributed by atoms with Gasteiger partial charge in [-0.1, -0.05) is 0 Å². The summed E-state index contributed by atoms with van der Waals surface area (Å²) < 4.78 is 15.5. The van der Waals surface area contributed by atoms with E-state index < -0.39 is 12.1 Å². The highest BCUT2D eigenvalue weighted by atomic mass is 79.9. The number of hydrogen-bond donors (Lipinski definition) is 1. The molecule has 0 aliphatic rings. The zero-order valence-electron chi connectivity index (χ0n) is 10.6. The molecule has 1 N–H and O–H groups in total. The van der Waals surface area contributed by atoms with Crippen molar-refractivity contribution in [1.82, 2.24) is 0 Å². The Morgan fingerprint density at radius 3 is 2.28 bits per heavy atom. The van der Waals surface area contributed by atoms with Crippen LogP contribution in [0, 0.1) is 6.92 Å². The van der Waals surface area contributed by atoms with Gasteiger partial charge in [0.2, 0.25) is 0 Å². The molecule has 0 saturated heterocycles. The van der Waals surface area contributed by atoms with Crippen LogP contribution in [0.15, 0.2) is 10.5 Å². The minimum absolute atomic E-state index is 0.409. The Morgan fingerprint density at radius 2 is 1.83 bits per heavy atom. The summed E-state index contributed by atoms with van der Waals surface area (Å²) in [6, 6.07) is 1.61. The van der Waals surface area contributed by atoms with E-state index in [1.807, 2.05) is 0 Å². The highest BCUT2D eigenvalue weighted by Crippen LogP contribution is 2.41. The van der Waals surface area contributed by atoms with Crippen LogP contribution in [-0.2, 0) is 9.53 Å². The summed E-state index contributed by atoms with van der Waals surface area (Å²) >= 11 is 3.30. The molecule has 1 unspecified atom stereocenters. The average Bonchev–Trinajstić information content (AvgIpc) is 2.38. The maximum Gasteiger partial charge on any atom is 0.339 e. The van der Waals surface area contributed by atoms with Crippen LogP contribution < -0.4 is 9.47 Å². The number of rotatable bonds is 4. The van der Waals surface area contributed by atoms with Crippen molar-refractivity contribution in [1.29, 1.82) is 0 Å². The van der Waals surface area contributed by atoms with Crippen LogP contribution in [0.2, 0.25) is 0 Å². The summed E-state index contributed by atoms with van der Waals surface area (Å²) in [4.78, 5) is 11.4. The van der Waals surface area contributed by atoms with Gasteiger partial charge in [0.25, 0.3) is 0 Å². The molecule has 0 aromatic heterocycles. The number of aliphatic hydroxyl groups is 1. The number of benzene rings is 1. The quantitative estimate of drug-likeness (QED) is 0.860. The van der Waals surface area contributed by atoms with E-state index in [2.05, 4.69) is 20.7 Å². The predicted molar refractivity (Wildman–Crippen MR) is 69.0 cm³/mol.